The molecule has 1 aliphatic carbocycles. The van der Waals surface area contributed by atoms with E-state index >= 15 is 0 Å². The Morgan fingerprint density at radius 1 is 1.15 bits per heavy atom. The number of nitrogens with zero attached hydrogens (tertiary/aromatic N) is 2. The van der Waals surface area contributed by atoms with Gasteiger partial charge in [-0.05, 0) is 49.8 Å². The van der Waals surface area contributed by atoms with E-state index in [0.717, 1.165) is 62.0 Å². The lowest BCUT2D eigenvalue weighted by Crippen LogP contribution is -2.36. The predicted octanol–water partition coefficient (Wildman–Crippen LogP) is 3.53. The molecule has 2 aromatic rings. The molecule has 1 aromatic carbocycles. The van der Waals surface area contributed by atoms with Gasteiger partial charge in [0, 0.05) is 43.1 Å². The van der Waals surface area contributed by atoms with Crippen molar-refractivity contribution in [2.24, 2.45) is 5.92 Å². The largest absolute Gasteiger partial charge is 0.385 e. The van der Waals surface area contributed by atoms with Gasteiger partial charge < -0.3 is 15.4 Å². The van der Waals surface area contributed by atoms with Crippen LogP contribution in [0, 0.1) is 5.92 Å². The van der Waals surface area contributed by atoms with Crippen molar-refractivity contribution in [3.05, 3.63) is 24.4 Å². The Bertz CT molecular complexity index is 785. The predicted molar refractivity (Wildman–Crippen MR) is 106 cm³/mol. The number of amides is 2. The zero-order chi connectivity index (χ0) is 18.5. The Morgan fingerprint density at radius 3 is 2.78 bits per heavy atom. The molecular weight excluding hydrogens is 342 g/mol. The van der Waals surface area contributed by atoms with Crippen molar-refractivity contribution < 1.29 is 9.53 Å². The third-order valence-corrected chi connectivity index (χ3v) is 5.43. The Hall–Kier alpha value is -2.41. The van der Waals surface area contributed by atoms with Gasteiger partial charge in [-0.25, -0.2) is 14.8 Å². The van der Waals surface area contributed by atoms with E-state index in [1.807, 2.05) is 18.2 Å². The van der Waals surface area contributed by atoms with Crippen LogP contribution >= 0.6 is 0 Å². The van der Waals surface area contributed by atoms with Crippen molar-refractivity contribution in [1.82, 2.24) is 15.3 Å². The molecule has 0 unspecified atom stereocenters. The number of hydrogen-bond acceptors (Lipinski definition) is 5. The van der Waals surface area contributed by atoms with Gasteiger partial charge in [0.05, 0.1) is 5.52 Å². The summed E-state index contributed by atoms with van der Waals surface area (Å²) in [5, 5.41) is 10.2. The molecule has 2 aliphatic rings. The highest BCUT2D eigenvalue weighted by Gasteiger charge is 2.17. The highest BCUT2D eigenvalue weighted by Crippen LogP contribution is 2.21. The average molecular weight is 369 g/mol. The van der Waals surface area contributed by atoms with Gasteiger partial charge in [-0.1, -0.05) is 12.8 Å². The molecule has 0 spiro atoms. The highest BCUT2D eigenvalue weighted by molar-refractivity contribution is 5.89. The van der Waals surface area contributed by atoms with Crippen LogP contribution in [0.25, 0.3) is 10.9 Å². The number of aromatic nitrogens is 2. The minimum absolute atomic E-state index is 0.227. The highest BCUT2D eigenvalue weighted by atomic mass is 16.5. The van der Waals surface area contributed by atoms with Gasteiger partial charge in [0.25, 0.3) is 0 Å². The molecule has 1 saturated carbocycles. The summed E-state index contributed by atoms with van der Waals surface area (Å²) in [5.41, 5.74) is 1.85. The molecule has 0 bridgehead atoms. The van der Waals surface area contributed by atoms with Crippen molar-refractivity contribution in [2.75, 3.05) is 30.4 Å². The van der Waals surface area contributed by atoms with Crippen LogP contribution in [-0.4, -0.2) is 41.8 Å². The lowest BCUT2D eigenvalue weighted by molar-refractivity contribution is 0.0699. The molecule has 4 rings (SSSR count). The smallest absolute Gasteiger partial charge is 0.321 e. The van der Waals surface area contributed by atoms with Crippen molar-refractivity contribution in [2.45, 2.75) is 44.6 Å². The Morgan fingerprint density at radius 2 is 1.96 bits per heavy atom. The Balaban J connectivity index is 1.38. The quantitative estimate of drug-likeness (QED) is 0.750. The van der Waals surface area contributed by atoms with Crippen molar-refractivity contribution >= 4 is 28.6 Å². The monoisotopic (exact) mass is 369 g/mol. The van der Waals surface area contributed by atoms with Crippen molar-refractivity contribution in [3.63, 3.8) is 0 Å². The summed E-state index contributed by atoms with van der Waals surface area (Å²) < 4.78 is 5.41. The summed E-state index contributed by atoms with van der Waals surface area (Å²) in [6, 6.07) is 6.10. The summed E-state index contributed by atoms with van der Waals surface area (Å²) in [6.45, 7) is 2.65. The van der Waals surface area contributed by atoms with E-state index in [1.54, 1.807) is 6.20 Å². The van der Waals surface area contributed by atoms with E-state index < -0.39 is 0 Å². The number of fused-ring (bicyclic) bond motifs is 1. The van der Waals surface area contributed by atoms with Gasteiger partial charge in [-0.3, -0.25) is 5.32 Å². The van der Waals surface area contributed by atoms with Crippen LogP contribution in [0.15, 0.2) is 24.4 Å². The number of hydrogen-bond donors (Lipinski definition) is 3. The minimum atomic E-state index is -0.227. The molecule has 2 amide bonds. The summed E-state index contributed by atoms with van der Waals surface area (Å²) in [5.74, 6) is 0.982. The lowest BCUT2D eigenvalue weighted by atomic mass is 10.0. The van der Waals surface area contributed by atoms with Gasteiger partial charge in [-0.15, -0.1) is 0 Å². The molecule has 7 nitrogen and oxygen atoms in total. The number of carbonyl (C=O) groups is 1. The van der Waals surface area contributed by atoms with Crippen LogP contribution in [0.2, 0.25) is 0 Å². The number of urea groups is 1. The van der Waals surface area contributed by atoms with E-state index in [0.29, 0.717) is 11.9 Å². The molecule has 2 fully saturated rings. The van der Waals surface area contributed by atoms with Gasteiger partial charge in [0.2, 0.25) is 5.95 Å². The fraction of sp³-hybridized carbons (Fsp3) is 0.550. The molecule has 0 atom stereocenters. The van der Waals surface area contributed by atoms with Crippen LogP contribution < -0.4 is 16.0 Å². The first-order valence-corrected chi connectivity index (χ1v) is 9.92. The molecule has 27 heavy (non-hydrogen) atoms. The molecule has 2 heterocycles. The zero-order valence-electron chi connectivity index (χ0n) is 15.5. The molecule has 7 heteroatoms. The molecule has 0 radical (unpaired) electrons. The van der Waals surface area contributed by atoms with E-state index in [-0.39, 0.29) is 12.1 Å². The fourth-order valence-electron chi connectivity index (χ4n) is 3.80. The maximum absolute atomic E-state index is 12.1. The van der Waals surface area contributed by atoms with E-state index in [1.165, 1.54) is 12.8 Å². The van der Waals surface area contributed by atoms with Crippen molar-refractivity contribution in [3.8, 4) is 0 Å². The second-order valence-electron chi connectivity index (χ2n) is 7.48. The third kappa shape index (κ3) is 4.86. The normalized spacial score (nSPS) is 18.5. The summed E-state index contributed by atoms with van der Waals surface area (Å²) in [4.78, 5) is 20.9. The second kappa shape index (κ2) is 8.52. The first-order valence-electron chi connectivity index (χ1n) is 9.92. The van der Waals surface area contributed by atoms with Gasteiger partial charge in [-0.2, -0.15) is 0 Å². The number of rotatable bonds is 5. The van der Waals surface area contributed by atoms with Crippen LogP contribution in [0.3, 0.4) is 0 Å². The second-order valence-corrected chi connectivity index (χ2v) is 7.48. The van der Waals surface area contributed by atoms with Crippen LogP contribution in [0.4, 0.5) is 16.4 Å². The van der Waals surface area contributed by atoms with Gasteiger partial charge in [0.1, 0.15) is 0 Å². The number of carbonyl (C=O) groups excluding carboxylic acids is 1. The summed E-state index contributed by atoms with van der Waals surface area (Å²) in [7, 11) is 0. The molecule has 144 valence electrons. The Labute approximate surface area is 159 Å². The van der Waals surface area contributed by atoms with E-state index in [4.69, 9.17) is 4.74 Å². The van der Waals surface area contributed by atoms with Crippen LogP contribution in [0.1, 0.15) is 38.5 Å². The molecule has 1 saturated heterocycles. The van der Waals surface area contributed by atoms with Crippen molar-refractivity contribution in [1.29, 1.82) is 0 Å². The standard InChI is InChI=1S/C20H27N5O2/c26-20(23-16-3-1-2-4-16)25-19-22-13-15-5-6-17(11-18(15)24-19)21-12-14-7-9-27-10-8-14/h5-6,11,13-14,16,21H,1-4,7-10,12H2,(H2,22,23,24,25,26). The molecule has 1 aliphatic heterocycles. The molecule has 1 aromatic heterocycles. The zero-order valence-corrected chi connectivity index (χ0v) is 15.5. The maximum atomic E-state index is 12.1. The van der Waals surface area contributed by atoms with Crippen LogP contribution in [0.5, 0.6) is 0 Å². The number of nitrogens with one attached hydrogen (secondary N) is 3. The number of ether oxygens (including phenoxy) is 1. The summed E-state index contributed by atoms with van der Waals surface area (Å²) in [6.07, 6.45) is 8.42. The fourth-order valence-corrected chi connectivity index (χ4v) is 3.80. The summed E-state index contributed by atoms with van der Waals surface area (Å²) >= 11 is 0. The van der Waals surface area contributed by atoms with E-state index in [9.17, 15) is 4.79 Å². The number of anilines is 2. The van der Waals surface area contributed by atoms with Gasteiger partial charge >= 0.3 is 6.03 Å². The first-order chi connectivity index (χ1) is 13.3. The Kier molecular flexibility index (Phi) is 5.67. The number of benzene rings is 1. The maximum Gasteiger partial charge on any atom is 0.321 e. The lowest BCUT2D eigenvalue weighted by Gasteiger charge is -2.22. The average Bonchev–Trinajstić information content (AvgIpc) is 3.19. The van der Waals surface area contributed by atoms with Gasteiger partial charge in [0.15, 0.2) is 0 Å². The first kappa shape index (κ1) is 18.0. The van der Waals surface area contributed by atoms with Crippen LogP contribution in [-0.2, 0) is 4.74 Å². The molecule has 3 N–H and O–H groups in total. The minimum Gasteiger partial charge on any atom is -0.385 e. The molecular formula is C20H27N5O2. The third-order valence-electron chi connectivity index (χ3n) is 5.43. The topological polar surface area (TPSA) is 88.2 Å². The van der Waals surface area contributed by atoms with E-state index in [2.05, 4.69) is 25.9 Å². The SMILES string of the molecule is O=C(Nc1ncc2ccc(NCC3CCOCC3)cc2n1)NC1CCCC1.